The van der Waals surface area contributed by atoms with Crippen LogP contribution in [0.15, 0.2) is 17.1 Å². The maximum absolute atomic E-state index is 12.4. The van der Waals surface area contributed by atoms with Crippen molar-refractivity contribution in [1.82, 2.24) is 25.3 Å². The normalized spacial score (nSPS) is 19.1. The lowest BCUT2D eigenvalue weighted by molar-refractivity contribution is 0.0591. The zero-order valence-electron chi connectivity index (χ0n) is 10.8. The maximum atomic E-state index is 12.4. The van der Waals surface area contributed by atoms with Gasteiger partial charge in [-0.1, -0.05) is 0 Å². The van der Waals surface area contributed by atoms with Gasteiger partial charge >= 0.3 is 0 Å². The first-order valence-corrected chi connectivity index (χ1v) is 6.82. The molecule has 1 aliphatic carbocycles. The van der Waals surface area contributed by atoms with Crippen molar-refractivity contribution < 1.29 is 4.79 Å². The van der Waals surface area contributed by atoms with Crippen LogP contribution in [0.25, 0.3) is 0 Å². The number of H-pyrrole nitrogens is 3. The van der Waals surface area contributed by atoms with Gasteiger partial charge in [0, 0.05) is 36.3 Å². The Balaban J connectivity index is 1.46. The molecule has 104 valence electrons. The van der Waals surface area contributed by atoms with E-state index in [0.717, 1.165) is 24.1 Å². The molecule has 2 aromatic rings. The number of aromatic nitrogens is 4. The van der Waals surface area contributed by atoms with Gasteiger partial charge in [-0.05, 0) is 18.8 Å². The number of carbonyl (C=O) groups excluding carboxylic acids is 1. The van der Waals surface area contributed by atoms with E-state index in [1.165, 1.54) is 0 Å². The predicted molar refractivity (Wildman–Crippen MR) is 70.6 cm³/mol. The molecule has 0 atom stereocenters. The van der Waals surface area contributed by atoms with Crippen LogP contribution in [0.2, 0.25) is 0 Å². The van der Waals surface area contributed by atoms with E-state index in [2.05, 4.69) is 20.4 Å². The second kappa shape index (κ2) is 4.09. The van der Waals surface area contributed by atoms with Crippen molar-refractivity contribution in [2.24, 2.45) is 0 Å². The Morgan fingerprint density at radius 1 is 1.25 bits per heavy atom. The van der Waals surface area contributed by atoms with Gasteiger partial charge in [-0.3, -0.25) is 19.8 Å². The van der Waals surface area contributed by atoms with Crippen LogP contribution in [-0.2, 0) is 0 Å². The van der Waals surface area contributed by atoms with Crippen LogP contribution in [0, 0.1) is 0 Å². The summed E-state index contributed by atoms with van der Waals surface area (Å²) in [6.45, 7) is 1.27. The molecule has 2 fully saturated rings. The lowest BCUT2D eigenvalue weighted by Gasteiger charge is -2.38. The number of likely N-dealkylation sites (tertiary alicyclic amines) is 1. The van der Waals surface area contributed by atoms with Crippen LogP contribution in [0.1, 0.15) is 46.4 Å². The van der Waals surface area contributed by atoms with Crippen molar-refractivity contribution in [3.63, 3.8) is 0 Å². The summed E-state index contributed by atoms with van der Waals surface area (Å²) >= 11 is 0. The SMILES string of the molecule is O=C(c1[nH]ncc1C1CC1)N1CC(c2cc(=O)[nH][nH]2)C1. The zero-order valence-corrected chi connectivity index (χ0v) is 10.8. The lowest BCUT2D eigenvalue weighted by Crippen LogP contribution is -2.49. The minimum absolute atomic E-state index is 0.0125. The molecule has 0 unspecified atom stereocenters. The number of hydrogen-bond acceptors (Lipinski definition) is 3. The Labute approximate surface area is 114 Å². The highest BCUT2D eigenvalue weighted by atomic mass is 16.2. The Kier molecular flexibility index (Phi) is 2.35. The number of nitrogens with one attached hydrogen (secondary N) is 3. The van der Waals surface area contributed by atoms with Crippen molar-refractivity contribution in [2.75, 3.05) is 13.1 Å². The van der Waals surface area contributed by atoms with Crippen LogP contribution in [0.5, 0.6) is 0 Å². The number of aromatic amines is 3. The Morgan fingerprint density at radius 2 is 2.05 bits per heavy atom. The number of nitrogens with zero attached hydrogens (tertiary/aromatic N) is 2. The molecule has 0 spiro atoms. The summed E-state index contributed by atoms with van der Waals surface area (Å²) in [4.78, 5) is 25.3. The zero-order chi connectivity index (χ0) is 13.7. The van der Waals surface area contributed by atoms with Crippen molar-refractivity contribution in [2.45, 2.75) is 24.7 Å². The fraction of sp³-hybridized carbons (Fsp3) is 0.462. The van der Waals surface area contributed by atoms with E-state index in [9.17, 15) is 9.59 Å². The molecule has 2 aliphatic rings. The third kappa shape index (κ3) is 1.77. The molecular weight excluding hydrogens is 258 g/mol. The molecule has 7 heteroatoms. The lowest BCUT2D eigenvalue weighted by atomic mass is 9.95. The first kappa shape index (κ1) is 11.5. The van der Waals surface area contributed by atoms with E-state index in [-0.39, 0.29) is 17.4 Å². The molecule has 2 aromatic heterocycles. The third-order valence-corrected chi connectivity index (χ3v) is 4.12. The number of amides is 1. The third-order valence-electron chi connectivity index (χ3n) is 4.12. The quantitative estimate of drug-likeness (QED) is 0.761. The molecule has 4 rings (SSSR count). The summed E-state index contributed by atoms with van der Waals surface area (Å²) in [6, 6.07) is 1.55. The van der Waals surface area contributed by atoms with Crippen molar-refractivity contribution >= 4 is 5.91 Å². The number of hydrogen-bond donors (Lipinski definition) is 3. The summed E-state index contributed by atoms with van der Waals surface area (Å²) in [5.41, 5.74) is 2.42. The molecule has 1 saturated heterocycles. The van der Waals surface area contributed by atoms with Crippen molar-refractivity contribution in [1.29, 1.82) is 0 Å². The average molecular weight is 273 g/mol. The summed E-state index contributed by atoms with van der Waals surface area (Å²) < 4.78 is 0. The van der Waals surface area contributed by atoms with E-state index < -0.39 is 0 Å². The van der Waals surface area contributed by atoms with Gasteiger partial charge in [0.1, 0.15) is 5.69 Å². The highest BCUT2D eigenvalue weighted by Gasteiger charge is 2.37. The second-order valence-corrected chi connectivity index (χ2v) is 5.60. The Morgan fingerprint density at radius 3 is 2.70 bits per heavy atom. The molecule has 20 heavy (non-hydrogen) atoms. The first-order valence-electron chi connectivity index (χ1n) is 6.82. The van der Waals surface area contributed by atoms with Crippen molar-refractivity contribution in [3.8, 4) is 0 Å². The van der Waals surface area contributed by atoms with Gasteiger partial charge in [0.25, 0.3) is 11.5 Å². The molecule has 1 amide bonds. The van der Waals surface area contributed by atoms with Gasteiger partial charge in [0.2, 0.25) is 0 Å². The molecule has 1 saturated carbocycles. The Bertz CT molecular complexity index is 702. The van der Waals surface area contributed by atoms with E-state index >= 15 is 0 Å². The van der Waals surface area contributed by atoms with Gasteiger partial charge in [0.05, 0.1) is 6.20 Å². The summed E-state index contributed by atoms with van der Waals surface area (Å²) in [5, 5.41) is 12.2. The van der Waals surface area contributed by atoms with Gasteiger partial charge in [0.15, 0.2) is 0 Å². The average Bonchev–Trinajstić information content (AvgIpc) is 2.94. The van der Waals surface area contributed by atoms with E-state index in [1.807, 2.05) is 0 Å². The van der Waals surface area contributed by atoms with Crippen LogP contribution in [0.3, 0.4) is 0 Å². The van der Waals surface area contributed by atoms with Crippen LogP contribution < -0.4 is 5.56 Å². The molecule has 3 heterocycles. The van der Waals surface area contributed by atoms with Crippen LogP contribution in [0.4, 0.5) is 0 Å². The summed E-state index contributed by atoms with van der Waals surface area (Å²) in [6.07, 6.45) is 4.06. The highest BCUT2D eigenvalue weighted by molar-refractivity contribution is 5.94. The Hall–Kier alpha value is -2.31. The van der Waals surface area contributed by atoms with Gasteiger partial charge in [-0.15, -0.1) is 0 Å². The van der Waals surface area contributed by atoms with E-state index in [0.29, 0.717) is 24.7 Å². The highest BCUT2D eigenvalue weighted by Crippen LogP contribution is 2.41. The van der Waals surface area contributed by atoms with E-state index in [4.69, 9.17) is 0 Å². The van der Waals surface area contributed by atoms with E-state index in [1.54, 1.807) is 17.2 Å². The molecule has 0 radical (unpaired) electrons. The fourth-order valence-electron chi connectivity index (χ4n) is 2.74. The summed E-state index contributed by atoms with van der Waals surface area (Å²) in [7, 11) is 0. The smallest absolute Gasteiger partial charge is 0.272 e. The molecular formula is C13H15N5O2. The monoisotopic (exact) mass is 273 g/mol. The van der Waals surface area contributed by atoms with Gasteiger partial charge < -0.3 is 10.00 Å². The molecule has 0 bridgehead atoms. The summed E-state index contributed by atoms with van der Waals surface area (Å²) in [5.74, 6) is 0.731. The minimum atomic E-state index is -0.130. The topological polar surface area (TPSA) is 97.6 Å². The molecule has 7 nitrogen and oxygen atoms in total. The molecule has 1 aliphatic heterocycles. The van der Waals surface area contributed by atoms with Crippen LogP contribution in [-0.4, -0.2) is 44.3 Å². The molecule has 3 N–H and O–H groups in total. The molecule has 0 aromatic carbocycles. The largest absolute Gasteiger partial charge is 0.336 e. The number of carbonyl (C=O) groups is 1. The standard InChI is InChI=1S/C13H15N5O2/c19-11-3-10(15-16-11)8-5-18(6-8)13(20)12-9(4-14-17-12)7-1-2-7/h3-4,7-8H,1-2,5-6H2,(H,14,17)(H2,15,16,19). The fourth-order valence-corrected chi connectivity index (χ4v) is 2.74. The van der Waals surface area contributed by atoms with Crippen molar-refractivity contribution in [3.05, 3.63) is 39.6 Å². The van der Waals surface area contributed by atoms with Gasteiger partial charge in [-0.25, -0.2) is 0 Å². The number of rotatable bonds is 3. The van der Waals surface area contributed by atoms with Gasteiger partial charge in [-0.2, -0.15) is 5.10 Å². The minimum Gasteiger partial charge on any atom is -0.336 e. The maximum Gasteiger partial charge on any atom is 0.272 e. The predicted octanol–water partition coefficient (Wildman–Crippen LogP) is 0.543. The second-order valence-electron chi connectivity index (χ2n) is 5.60. The first-order chi connectivity index (χ1) is 9.72. The van der Waals surface area contributed by atoms with Crippen LogP contribution >= 0.6 is 0 Å².